The zero-order valence-electron chi connectivity index (χ0n) is 8.30. The summed E-state index contributed by atoms with van der Waals surface area (Å²) in [5.41, 5.74) is 6.40. The quantitative estimate of drug-likeness (QED) is 0.835. The molecule has 1 aromatic heterocycles. The van der Waals surface area contributed by atoms with E-state index < -0.39 is 12.6 Å². The second kappa shape index (κ2) is 4.57. The lowest BCUT2D eigenvalue weighted by Gasteiger charge is -2.07. The molecule has 0 spiro atoms. The third-order valence-electron chi connectivity index (χ3n) is 1.71. The highest BCUT2D eigenvalue weighted by Gasteiger charge is 2.29. The number of halogens is 3. The monoisotopic (exact) mass is 219 g/mol. The Morgan fingerprint density at radius 3 is 2.53 bits per heavy atom. The van der Waals surface area contributed by atoms with Crippen LogP contribution in [0.3, 0.4) is 0 Å². The van der Waals surface area contributed by atoms with Crippen LogP contribution in [-0.2, 0) is 12.8 Å². The van der Waals surface area contributed by atoms with E-state index in [0.717, 1.165) is 0 Å². The first kappa shape index (κ1) is 11.9. The van der Waals surface area contributed by atoms with Gasteiger partial charge in [-0.25, -0.2) is 9.97 Å². The Morgan fingerprint density at radius 1 is 1.33 bits per heavy atom. The average molecular weight is 219 g/mol. The summed E-state index contributed by atoms with van der Waals surface area (Å²) < 4.78 is 36.3. The molecule has 0 fully saturated rings. The van der Waals surface area contributed by atoms with E-state index in [1.54, 1.807) is 13.0 Å². The van der Waals surface area contributed by atoms with Crippen molar-refractivity contribution < 1.29 is 13.2 Å². The molecular weight excluding hydrogens is 207 g/mol. The Hall–Kier alpha value is -1.17. The molecule has 0 saturated heterocycles. The molecule has 0 saturated carbocycles. The number of alkyl halides is 3. The Morgan fingerprint density at radius 2 is 2.00 bits per heavy atom. The molecular formula is C9H12F3N3. The van der Waals surface area contributed by atoms with Crippen LogP contribution < -0.4 is 5.73 Å². The van der Waals surface area contributed by atoms with Gasteiger partial charge in [0.25, 0.3) is 0 Å². The average Bonchev–Trinajstić information content (AvgIpc) is 1.99. The molecule has 84 valence electrons. The Bertz CT molecular complexity index is 336. The minimum absolute atomic E-state index is 0.189. The first-order chi connectivity index (χ1) is 6.90. The zero-order chi connectivity index (χ0) is 11.5. The van der Waals surface area contributed by atoms with Crippen molar-refractivity contribution in [2.75, 3.05) is 6.54 Å². The smallest absolute Gasteiger partial charge is 0.330 e. The fourth-order valence-corrected chi connectivity index (χ4v) is 1.23. The van der Waals surface area contributed by atoms with Gasteiger partial charge >= 0.3 is 6.18 Å². The molecule has 0 amide bonds. The fourth-order valence-electron chi connectivity index (χ4n) is 1.23. The van der Waals surface area contributed by atoms with E-state index in [4.69, 9.17) is 5.73 Å². The van der Waals surface area contributed by atoms with Crippen LogP contribution in [0.2, 0.25) is 0 Å². The summed E-state index contributed by atoms with van der Waals surface area (Å²) in [5, 5.41) is 0. The Kier molecular flexibility index (Phi) is 3.62. The third-order valence-corrected chi connectivity index (χ3v) is 1.71. The Balaban J connectivity index is 2.88. The second-order valence-corrected chi connectivity index (χ2v) is 3.25. The Labute approximate surface area is 85.5 Å². The van der Waals surface area contributed by atoms with E-state index >= 15 is 0 Å². The minimum Gasteiger partial charge on any atom is -0.330 e. The van der Waals surface area contributed by atoms with E-state index in [9.17, 15) is 13.2 Å². The van der Waals surface area contributed by atoms with Gasteiger partial charge in [0.05, 0.1) is 0 Å². The van der Waals surface area contributed by atoms with Gasteiger partial charge in [0.15, 0.2) is 0 Å². The normalized spacial score (nSPS) is 11.8. The molecule has 1 heterocycles. The largest absolute Gasteiger partial charge is 0.396 e. The van der Waals surface area contributed by atoms with E-state index in [0.29, 0.717) is 24.4 Å². The molecule has 0 unspecified atom stereocenters. The van der Waals surface area contributed by atoms with E-state index in [-0.39, 0.29) is 5.82 Å². The number of nitrogens with zero attached hydrogens (tertiary/aromatic N) is 2. The molecule has 15 heavy (non-hydrogen) atoms. The predicted octanol–water partition coefficient (Wildman–Crippen LogP) is 1.39. The lowest BCUT2D eigenvalue weighted by molar-refractivity contribution is -0.128. The van der Waals surface area contributed by atoms with Crippen molar-refractivity contribution in [3.8, 4) is 0 Å². The van der Waals surface area contributed by atoms with Gasteiger partial charge in [-0.1, -0.05) is 0 Å². The van der Waals surface area contributed by atoms with Gasteiger partial charge in [-0.2, -0.15) is 13.2 Å². The summed E-state index contributed by atoms with van der Waals surface area (Å²) >= 11 is 0. The molecule has 6 heteroatoms. The van der Waals surface area contributed by atoms with Crippen molar-refractivity contribution >= 4 is 0 Å². The second-order valence-electron chi connectivity index (χ2n) is 3.25. The van der Waals surface area contributed by atoms with Crippen molar-refractivity contribution in [3.05, 3.63) is 23.3 Å². The van der Waals surface area contributed by atoms with Crippen molar-refractivity contribution in [2.24, 2.45) is 5.73 Å². The summed E-state index contributed by atoms with van der Waals surface area (Å²) in [4.78, 5) is 7.53. The maximum atomic E-state index is 12.1. The van der Waals surface area contributed by atoms with Gasteiger partial charge in [-0.3, -0.25) is 0 Å². The maximum absolute atomic E-state index is 12.1. The molecule has 0 aliphatic heterocycles. The molecule has 1 aromatic rings. The first-order valence-electron chi connectivity index (χ1n) is 4.51. The van der Waals surface area contributed by atoms with Crippen LogP contribution in [0.15, 0.2) is 6.07 Å². The molecule has 2 N–H and O–H groups in total. The van der Waals surface area contributed by atoms with Crippen LogP contribution in [0.1, 0.15) is 17.2 Å². The third kappa shape index (κ3) is 4.24. The summed E-state index contributed by atoms with van der Waals surface area (Å²) in [6, 6.07) is 1.65. The van der Waals surface area contributed by atoms with Crippen molar-refractivity contribution in [2.45, 2.75) is 25.9 Å². The minimum atomic E-state index is -4.27. The predicted molar refractivity (Wildman–Crippen MR) is 49.3 cm³/mol. The van der Waals surface area contributed by atoms with Crippen LogP contribution in [0.25, 0.3) is 0 Å². The molecule has 0 radical (unpaired) electrons. The highest BCUT2D eigenvalue weighted by atomic mass is 19.4. The van der Waals surface area contributed by atoms with Gasteiger partial charge in [0.2, 0.25) is 0 Å². The van der Waals surface area contributed by atoms with Crippen LogP contribution in [0, 0.1) is 6.92 Å². The zero-order valence-corrected chi connectivity index (χ0v) is 8.30. The van der Waals surface area contributed by atoms with Gasteiger partial charge in [-0.15, -0.1) is 0 Å². The number of hydrogen-bond donors (Lipinski definition) is 1. The highest BCUT2D eigenvalue weighted by molar-refractivity contribution is 5.11. The lowest BCUT2D eigenvalue weighted by Crippen LogP contribution is -2.16. The van der Waals surface area contributed by atoms with Crippen LogP contribution in [-0.4, -0.2) is 22.7 Å². The maximum Gasteiger partial charge on any atom is 0.396 e. The molecule has 0 aliphatic carbocycles. The SMILES string of the molecule is Cc1cc(CCN)nc(CC(F)(F)F)n1. The fraction of sp³-hybridized carbons (Fsp3) is 0.556. The number of nitrogens with two attached hydrogens (primary N) is 1. The van der Waals surface area contributed by atoms with Crippen LogP contribution >= 0.6 is 0 Å². The topological polar surface area (TPSA) is 51.8 Å². The molecule has 0 aliphatic rings. The summed E-state index contributed by atoms with van der Waals surface area (Å²) in [6.45, 7) is 2.00. The highest BCUT2D eigenvalue weighted by Crippen LogP contribution is 2.19. The van der Waals surface area contributed by atoms with Crippen LogP contribution in [0.5, 0.6) is 0 Å². The number of aromatic nitrogens is 2. The van der Waals surface area contributed by atoms with E-state index in [1.807, 2.05) is 0 Å². The van der Waals surface area contributed by atoms with Crippen LogP contribution in [0.4, 0.5) is 13.2 Å². The molecule has 0 atom stereocenters. The first-order valence-corrected chi connectivity index (χ1v) is 4.51. The van der Waals surface area contributed by atoms with Crippen molar-refractivity contribution in [1.29, 1.82) is 0 Å². The summed E-state index contributed by atoms with van der Waals surface area (Å²) in [5.74, 6) is -0.189. The van der Waals surface area contributed by atoms with Gasteiger partial charge in [-0.05, 0) is 19.5 Å². The van der Waals surface area contributed by atoms with Crippen molar-refractivity contribution in [3.63, 3.8) is 0 Å². The molecule has 3 nitrogen and oxygen atoms in total. The van der Waals surface area contributed by atoms with Gasteiger partial charge < -0.3 is 5.73 Å². The van der Waals surface area contributed by atoms with Gasteiger partial charge in [0, 0.05) is 17.8 Å². The summed E-state index contributed by atoms with van der Waals surface area (Å²) in [6.07, 6.45) is -4.89. The van der Waals surface area contributed by atoms with Gasteiger partial charge in [0.1, 0.15) is 12.2 Å². The molecule has 0 aromatic carbocycles. The molecule has 1 rings (SSSR count). The number of aryl methyl sites for hydroxylation is 1. The van der Waals surface area contributed by atoms with E-state index in [2.05, 4.69) is 9.97 Å². The number of rotatable bonds is 3. The molecule has 0 bridgehead atoms. The number of hydrogen-bond acceptors (Lipinski definition) is 3. The van der Waals surface area contributed by atoms with E-state index in [1.165, 1.54) is 0 Å². The lowest BCUT2D eigenvalue weighted by atomic mass is 10.2. The van der Waals surface area contributed by atoms with Crippen molar-refractivity contribution in [1.82, 2.24) is 9.97 Å². The standard InChI is InChI=1S/C9H12F3N3/c1-6-4-7(2-3-13)15-8(14-6)5-9(10,11)12/h4H,2-3,5,13H2,1H3. The summed E-state index contributed by atoms with van der Waals surface area (Å²) in [7, 11) is 0.